The molecule has 9 nitrogen and oxygen atoms in total. The predicted molar refractivity (Wildman–Crippen MR) is 117 cm³/mol. The second-order valence-corrected chi connectivity index (χ2v) is 8.57. The van der Waals surface area contributed by atoms with Gasteiger partial charge in [0.15, 0.2) is 11.6 Å². The number of fused-ring (bicyclic) bond motifs is 1. The van der Waals surface area contributed by atoms with Gasteiger partial charge in [0.2, 0.25) is 11.1 Å². The smallest absolute Gasteiger partial charge is 0.227 e. The molecule has 0 unspecified atom stereocenters. The highest BCUT2D eigenvalue weighted by molar-refractivity contribution is 7.99. The van der Waals surface area contributed by atoms with Crippen LogP contribution in [0.2, 0.25) is 0 Å². The molecule has 31 heavy (non-hydrogen) atoms. The molecule has 1 aliphatic rings. The number of benzene rings is 1. The topological polar surface area (TPSA) is 120 Å². The van der Waals surface area contributed by atoms with Crippen LogP contribution in [0.4, 0.5) is 17.3 Å². The summed E-state index contributed by atoms with van der Waals surface area (Å²) >= 11 is 1.41. The van der Waals surface area contributed by atoms with Gasteiger partial charge in [0, 0.05) is 34.5 Å². The minimum absolute atomic E-state index is 0.0825. The van der Waals surface area contributed by atoms with Gasteiger partial charge < -0.3 is 15.7 Å². The molecule has 158 valence electrons. The van der Waals surface area contributed by atoms with Gasteiger partial charge in [-0.1, -0.05) is 0 Å². The Hall–Kier alpha value is -3.37. The van der Waals surface area contributed by atoms with Crippen molar-refractivity contribution in [2.45, 2.75) is 36.4 Å². The van der Waals surface area contributed by atoms with Gasteiger partial charge >= 0.3 is 0 Å². The number of rotatable bonds is 7. The van der Waals surface area contributed by atoms with Crippen LogP contribution in [0.1, 0.15) is 24.1 Å². The Morgan fingerprint density at radius 1 is 1.29 bits per heavy atom. The van der Waals surface area contributed by atoms with E-state index in [1.807, 2.05) is 43.3 Å². The van der Waals surface area contributed by atoms with Crippen LogP contribution in [0.25, 0.3) is 5.52 Å². The van der Waals surface area contributed by atoms with E-state index in [1.165, 1.54) is 11.8 Å². The molecule has 10 heteroatoms. The van der Waals surface area contributed by atoms with Crippen molar-refractivity contribution in [2.24, 2.45) is 5.92 Å². The van der Waals surface area contributed by atoms with Crippen LogP contribution in [0, 0.1) is 12.8 Å². The lowest BCUT2D eigenvalue weighted by atomic mass is 10.3. The molecule has 0 spiro atoms. The molecule has 1 aromatic carbocycles. The number of amides is 1. The van der Waals surface area contributed by atoms with Gasteiger partial charge in [-0.3, -0.25) is 9.89 Å². The van der Waals surface area contributed by atoms with E-state index in [9.17, 15) is 9.90 Å². The number of carbonyl (C=O) groups excluding carboxylic acids is 1. The van der Waals surface area contributed by atoms with Gasteiger partial charge in [-0.15, -0.1) is 5.10 Å². The van der Waals surface area contributed by atoms with E-state index in [-0.39, 0.29) is 18.4 Å². The largest absolute Gasteiger partial charge is 0.392 e. The summed E-state index contributed by atoms with van der Waals surface area (Å²) in [6.45, 7) is 1.84. The number of hydrogen-bond donors (Lipinski definition) is 4. The maximum absolute atomic E-state index is 11.9. The number of carbonyl (C=O) groups is 1. The van der Waals surface area contributed by atoms with Crippen molar-refractivity contribution in [1.29, 1.82) is 0 Å². The third-order valence-corrected chi connectivity index (χ3v) is 5.78. The summed E-state index contributed by atoms with van der Waals surface area (Å²) < 4.78 is 1.70. The molecule has 0 radical (unpaired) electrons. The summed E-state index contributed by atoms with van der Waals surface area (Å²) in [7, 11) is 0. The molecular weight excluding hydrogens is 414 g/mol. The molecule has 4 N–H and O–H groups in total. The second-order valence-electron chi connectivity index (χ2n) is 7.53. The molecule has 1 aliphatic carbocycles. The number of anilines is 3. The minimum Gasteiger partial charge on any atom is -0.392 e. The third kappa shape index (κ3) is 4.39. The summed E-state index contributed by atoms with van der Waals surface area (Å²) in [5, 5.41) is 27.9. The summed E-state index contributed by atoms with van der Waals surface area (Å²) in [5.41, 5.74) is 3.20. The summed E-state index contributed by atoms with van der Waals surface area (Å²) in [4.78, 5) is 17.5. The normalized spacial score (nSPS) is 13.5. The van der Waals surface area contributed by atoms with Crippen molar-refractivity contribution in [3.8, 4) is 0 Å². The fraction of sp³-hybridized carbons (Fsp3) is 0.238. The number of aliphatic hydroxyl groups excluding tert-OH is 1. The molecule has 3 heterocycles. The van der Waals surface area contributed by atoms with Crippen molar-refractivity contribution in [3.63, 3.8) is 0 Å². The van der Waals surface area contributed by atoms with Crippen molar-refractivity contribution in [1.82, 2.24) is 24.8 Å². The van der Waals surface area contributed by atoms with Crippen LogP contribution in [-0.4, -0.2) is 35.8 Å². The zero-order valence-corrected chi connectivity index (χ0v) is 17.6. The Morgan fingerprint density at radius 3 is 2.77 bits per heavy atom. The molecular formula is C21H21N7O2S. The fourth-order valence-electron chi connectivity index (χ4n) is 3.16. The lowest BCUT2D eigenvalue weighted by molar-refractivity contribution is -0.117. The average Bonchev–Trinajstić information content (AvgIpc) is 3.41. The van der Waals surface area contributed by atoms with Crippen LogP contribution >= 0.6 is 11.8 Å². The summed E-state index contributed by atoms with van der Waals surface area (Å²) in [6, 6.07) is 11.3. The van der Waals surface area contributed by atoms with E-state index in [0.29, 0.717) is 16.8 Å². The van der Waals surface area contributed by atoms with E-state index < -0.39 is 0 Å². The Morgan fingerprint density at radius 2 is 2.10 bits per heavy atom. The zero-order chi connectivity index (χ0) is 21.4. The fourth-order valence-corrected chi connectivity index (χ4v) is 3.91. The maximum Gasteiger partial charge on any atom is 0.227 e. The number of nitrogens with zero attached hydrogens (tertiary/aromatic N) is 4. The summed E-state index contributed by atoms with van der Waals surface area (Å²) in [5.74, 6) is 1.50. The predicted octanol–water partition coefficient (Wildman–Crippen LogP) is 3.50. The molecule has 0 atom stereocenters. The first kappa shape index (κ1) is 19.6. The van der Waals surface area contributed by atoms with Crippen LogP contribution in [0.3, 0.4) is 0 Å². The second kappa shape index (κ2) is 8.05. The van der Waals surface area contributed by atoms with Crippen molar-refractivity contribution in [2.75, 3.05) is 10.6 Å². The Bertz CT molecular complexity index is 1240. The number of H-pyrrole nitrogens is 1. The van der Waals surface area contributed by atoms with Gasteiger partial charge in [-0.2, -0.15) is 5.10 Å². The Labute approximate surface area is 182 Å². The van der Waals surface area contributed by atoms with E-state index >= 15 is 0 Å². The molecule has 4 aromatic rings. The average molecular weight is 436 g/mol. The number of aromatic amines is 1. The van der Waals surface area contributed by atoms with Crippen LogP contribution in [-0.2, 0) is 11.4 Å². The van der Waals surface area contributed by atoms with Crippen LogP contribution < -0.4 is 10.6 Å². The van der Waals surface area contributed by atoms with Crippen molar-refractivity contribution in [3.05, 3.63) is 53.9 Å². The van der Waals surface area contributed by atoms with Crippen LogP contribution in [0.15, 0.2) is 52.6 Å². The van der Waals surface area contributed by atoms with Crippen molar-refractivity contribution < 1.29 is 9.90 Å². The monoisotopic (exact) mass is 435 g/mol. The van der Waals surface area contributed by atoms with Gasteiger partial charge in [-0.05, 0) is 67.4 Å². The summed E-state index contributed by atoms with van der Waals surface area (Å²) in [6.07, 6.45) is 3.73. The third-order valence-electron chi connectivity index (χ3n) is 4.91. The van der Waals surface area contributed by atoms with Gasteiger partial charge in [0.25, 0.3) is 0 Å². The zero-order valence-electron chi connectivity index (χ0n) is 16.8. The number of hydrogen-bond acceptors (Lipinski definition) is 7. The maximum atomic E-state index is 11.9. The standard InChI is InChI=1S/C21H21N7O2S/c1-12-8-18(26-25-12)23-19-17-9-13(11-29)10-28(17)27-21(24-19)31-16-6-4-15(5-7-16)22-20(30)14-2-3-14/h4-10,14,29H,2-3,11H2,1H3,(H,22,30)(H2,23,24,25,26,27). The highest BCUT2D eigenvalue weighted by atomic mass is 32.2. The lowest BCUT2D eigenvalue weighted by Crippen LogP contribution is -2.12. The van der Waals surface area contributed by atoms with Gasteiger partial charge in [0.1, 0.15) is 5.52 Å². The number of aliphatic hydroxyl groups is 1. The molecule has 5 rings (SSSR count). The van der Waals surface area contributed by atoms with Crippen LogP contribution in [0.5, 0.6) is 0 Å². The number of aromatic nitrogens is 5. The highest BCUT2D eigenvalue weighted by Gasteiger charge is 2.29. The molecule has 1 amide bonds. The SMILES string of the molecule is Cc1cc(Nc2nc(Sc3ccc(NC(=O)C4CC4)cc3)nn3cc(CO)cc23)n[nH]1. The number of nitrogens with one attached hydrogen (secondary N) is 3. The quantitative estimate of drug-likeness (QED) is 0.351. The molecule has 3 aromatic heterocycles. The Balaban J connectivity index is 1.40. The van der Waals surface area contributed by atoms with E-state index in [0.717, 1.165) is 40.2 Å². The lowest BCUT2D eigenvalue weighted by Gasteiger charge is -2.08. The van der Waals surface area contributed by atoms with E-state index in [1.54, 1.807) is 10.7 Å². The first-order valence-corrected chi connectivity index (χ1v) is 10.8. The molecule has 0 aliphatic heterocycles. The molecule has 0 saturated heterocycles. The molecule has 1 fully saturated rings. The minimum atomic E-state index is -0.0825. The van der Waals surface area contributed by atoms with E-state index in [2.05, 4.69) is 30.9 Å². The molecule has 1 saturated carbocycles. The first-order valence-electron chi connectivity index (χ1n) is 9.95. The van der Waals surface area contributed by atoms with Crippen molar-refractivity contribution >= 4 is 40.5 Å². The number of aryl methyl sites for hydroxylation is 1. The Kier molecular flexibility index (Phi) is 5.08. The first-order chi connectivity index (χ1) is 15.1. The highest BCUT2D eigenvalue weighted by Crippen LogP contribution is 2.32. The van der Waals surface area contributed by atoms with Gasteiger partial charge in [-0.25, -0.2) is 9.50 Å². The van der Waals surface area contributed by atoms with E-state index in [4.69, 9.17) is 0 Å². The molecule has 0 bridgehead atoms. The van der Waals surface area contributed by atoms with Gasteiger partial charge in [0.05, 0.1) is 6.61 Å².